The monoisotopic (exact) mass is 584 g/mol. The van der Waals surface area contributed by atoms with Crippen LogP contribution >= 0.6 is 0 Å². The first-order valence-corrected chi connectivity index (χ1v) is 16.2. The van der Waals surface area contributed by atoms with Crippen LogP contribution in [0.25, 0.3) is 33.4 Å². The highest BCUT2D eigenvalue weighted by Crippen LogP contribution is 2.64. The third-order valence-electron chi connectivity index (χ3n) is 11.4. The summed E-state index contributed by atoms with van der Waals surface area (Å²) >= 11 is 0. The first-order chi connectivity index (χ1) is 22.8. The molecule has 0 amide bonds. The van der Waals surface area contributed by atoms with Crippen molar-refractivity contribution in [3.05, 3.63) is 207 Å². The second kappa shape index (κ2) is 8.53. The summed E-state index contributed by atoms with van der Waals surface area (Å²) < 4.78 is 0. The molecular formula is C45H28O. The average Bonchev–Trinajstić information content (AvgIpc) is 3.59. The molecule has 5 aliphatic rings. The van der Waals surface area contributed by atoms with Gasteiger partial charge < -0.3 is 5.11 Å². The molecule has 7 aromatic rings. The Kier molecular flexibility index (Phi) is 4.57. The summed E-state index contributed by atoms with van der Waals surface area (Å²) in [5, 5.41) is 11.6. The number of aromatic hydroxyl groups is 1. The maximum atomic E-state index is 11.6. The summed E-state index contributed by atoms with van der Waals surface area (Å²) in [7, 11) is 0. The minimum Gasteiger partial charge on any atom is -0.508 e. The largest absolute Gasteiger partial charge is 0.508 e. The lowest BCUT2D eigenvalue weighted by Gasteiger charge is -2.43. The minimum atomic E-state index is -0.385. The van der Waals surface area contributed by atoms with Gasteiger partial charge in [0.25, 0.3) is 0 Å². The maximum Gasteiger partial charge on any atom is 0.120 e. The Labute approximate surface area is 268 Å². The van der Waals surface area contributed by atoms with Crippen molar-refractivity contribution >= 4 is 0 Å². The van der Waals surface area contributed by atoms with Crippen LogP contribution in [0.15, 0.2) is 152 Å². The highest BCUT2D eigenvalue weighted by molar-refractivity contribution is 5.96. The predicted molar refractivity (Wildman–Crippen MR) is 185 cm³/mol. The van der Waals surface area contributed by atoms with Gasteiger partial charge in [0, 0.05) is 17.4 Å². The SMILES string of the molecule is Oc1ccc(-c2ccc3c(c2)C2(c4ccccc4-c4ccccc42)c2ccccc2-3)c2c1C1c3ccccc3C2c2ccccc21. The normalized spacial score (nSPS) is 17.8. The molecule has 46 heavy (non-hydrogen) atoms. The molecule has 1 N–H and O–H groups in total. The zero-order chi connectivity index (χ0) is 30.1. The molecule has 1 nitrogen and oxygen atoms in total. The number of hydrogen-bond donors (Lipinski definition) is 1. The van der Waals surface area contributed by atoms with Gasteiger partial charge in [-0.3, -0.25) is 0 Å². The van der Waals surface area contributed by atoms with E-state index < -0.39 is 0 Å². The van der Waals surface area contributed by atoms with Crippen LogP contribution in [-0.2, 0) is 5.41 Å². The van der Waals surface area contributed by atoms with E-state index in [0.29, 0.717) is 5.75 Å². The quantitative estimate of drug-likeness (QED) is 0.204. The third kappa shape index (κ3) is 2.75. The van der Waals surface area contributed by atoms with Gasteiger partial charge in [0.15, 0.2) is 0 Å². The maximum absolute atomic E-state index is 11.6. The third-order valence-corrected chi connectivity index (χ3v) is 11.4. The van der Waals surface area contributed by atoms with Crippen LogP contribution in [0.1, 0.15) is 67.5 Å². The number of benzene rings is 7. The van der Waals surface area contributed by atoms with Gasteiger partial charge in [0.05, 0.1) is 5.41 Å². The summed E-state index contributed by atoms with van der Waals surface area (Å²) in [5.74, 6) is 0.481. The van der Waals surface area contributed by atoms with Crippen molar-refractivity contribution in [1.82, 2.24) is 0 Å². The molecule has 0 fully saturated rings. The Morgan fingerprint density at radius 2 is 0.783 bits per heavy atom. The number of rotatable bonds is 1. The first kappa shape index (κ1) is 24.6. The van der Waals surface area contributed by atoms with E-state index in [-0.39, 0.29) is 17.3 Å². The molecule has 0 radical (unpaired) electrons. The standard InChI is InChI=1S/C45H28O/c46-40-24-23-27(43-41-32-14-1-3-16-34(32)42(44(40)43)35-17-4-2-15-33(35)41)26-21-22-31-30-13-7-10-20-38(30)45(39(31)25-26)36-18-8-5-11-28(36)29-12-6-9-19-37(29)45/h1-25,41-42,46H. The molecule has 0 aliphatic heterocycles. The smallest absolute Gasteiger partial charge is 0.120 e. The van der Waals surface area contributed by atoms with Crippen LogP contribution in [0.5, 0.6) is 5.75 Å². The number of phenolic OH excluding ortho intramolecular Hbond substituents is 1. The molecule has 0 saturated carbocycles. The van der Waals surface area contributed by atoms with E-state index in [9.17, 15) is 5.11 Å². The lowest BCUT2D eigenvalue weighted by molar-refractivity contribution is 0.463. The van der Waals surface area contributed by atoms with Gasteiger partial charge in [0.1, 0.15) is 5.75 Å². The lowest BCUT2D eigenvalue weighted by Crippen LogP contribution is -2.28. The van der Waals surface area contributed by atoms with E-state index in [1.807, 2.05) is 6.07 Å². The van der Waals surface area contributed by atoms with Crippen LogP contribution in [0, 0.1) is 0 Å². The zero-order valence-corrected chi connectivity index (χ0v) is 25.0. The molecular weight excluding hydrogens is 556 g/mol. The molecule has 1 heteroatoms. The van der Waals surface area contributed by atoms with Gasteiger partial charge >= 0.3 is 0 Å². The molecule has 2 bridgehead atoms. The van der Waals surface area contributed by atoms with Gasteiger partial charge in [-0.15, -0.1) is 0 Å². The molecule has 7 aromatic carbocycles. The van der Waals surface area contributed by atoms with E-state index in [0.717, 1.165) is 5.56 Å². The second-order valence-electron chi connectivity index (χ2n) is 13.2. The van der Waals surface area contributed by atoms with Gasteiger partial charge in [-0.2, -0.15) is 0 Å². The molecule has 0 aromatic heterocycles. The van der Waals surface area contributed by atoms with Gasteiger partial charge in [-0.1, -0.05) is 140 Å². The van der Waals surface area contributed by atoms with Crippen molar-refractivity contribution in [2.45, 2.75) is 17.3 Å². The molecule has 0 atom stereocenters. The van der Waals surface area contributed by atoms with Crippen LogP contribution in [0.2, 0.25) is 0 Å². The highest BCUT2D eigenvalue weighted by Gasteiger charge is 2.52. The Morgan fingerprint density at radius 3 is 1.30 bits per heavy atom. The van der Waals surface area contributed by atoms with Crippen LogP contribution in [0.3, 0.4) is 0 Å². The van der Waals surface area contributed by atoms with E-state index >= 15 is 0 Å². The number of fused-ring (bicyclic) bond motifs is 10. The molecule has 214 valence electrons. The minimum absolute atomic E-state index is 0.0194. The Hall–Kier alpha value is -5.66. The van der Waals surface area contributed by atoms with E-state index in [1.165, 1.54) is 83.5 Å². The molecule has 12 rings (SSSR count). The molecule has 1 spiro atoms. The van der Waals surface area contributed by atoms with Crippen LogP contribution in [-0.4, -0.2) is 5.11 Å². The Balaban J connectivity index is 1.21. The first-order valence-electron chi connectivity index (χ1n) is 16.2. The average molecular weight is 585 g/mol. The fourth-order valence-electron chi connectivity index (χ4n) is 9.78. The number of phenols is 1. The predicted octanol–water partition coefficient (Wildman–Crippen LogP) is 10.4. The number of hydrogen-bond acceptors (Lipinski definition) is 1. The van der Waals surface area contributed by atoms with E-state index in [4.69, 9.17) is 0 Å². The van der Waals surface area contributed by atoms with Crippen LogP contribution < -0.4 is 0 Å². The summed E-state index contributed by atoms with van der Waals surface area (Å²) in [6.07, 6.45) is 0. The molecule has 5 aliphatic carbocycles. The fourth-order valence-corrected chi connectivity index (χ4v) is 9.78. The molecule has 0 heterocycles. The van der Waals surface area contributed by atoms with Crippen molar-refractivity contribution < 1.29 is 5.11 Å². The Bertz CT molecular complexity index is 2350. The molecule has 0 saturated heterocycles. The molecule has 0 unspecified atom stereocenters. The van der Waals surface area contributed by atoms with Crippen molar-refractivity contribution in [3.63, 3.8) is 0 Å². The van der Waals surface area contributed by atoms with Crippen molar-refractivity contribution in [1.29, 1.82) is 0 Å². The highest BCUT2D eigenvalue weighted by atomic mass is 16.3. The summed E-state index contributed by atoms with van der Waals surface area (Å²) in [6.45, 7) is 0. The van der Waals surface area contributed by atoms with Gasteiger partial charge in [-0.25, -0.2) is 0 Å². The van der Waals surface area contributed by atoms with Crippen LogP contribution in [0.4, 0.5) is 0 Å². The Morgan fingerprint density at radius 1 is 0.370 bits per heavy atom. The summed E-state index contributed by atoms with van der Waals surface area (Å²) in [6, 6.07) is 55.9. The summed E-state index contributed by atoms with van der Waals surface area (Å²) in [5.41, 5.74) is 20.3. The van der Waals surface area contributed by atoms with Crippen molar-refractivity contribution in [2.24, 2.45) is 0 Å². The topological polar surface area (TPSA) is 20.2 Å². The van der Waals surface area contributed by atoms with E-state index in [2.05, 4.69) is 146 Å². The lowest BCUT2D eigenvalue weighted by atomic mass is 9.59. The van der Waals surface area contributed by atoms with Gasteiger partial charge in [-0.05, 0) is 95.6 Å². The van der Waals surface area contributed by atoms with E-state index in [1.54, 1.807) is 0 Å². The van der Waals surface area contributed by atoms with Crippen molar-refractivity contribution in [2.75, 3.05) is 0 Å². The summed E-state index contributed by atoms with van der Waals surface area (Å²) in [4.78, 5) is 0. The fraction of sp³-hybridized carbons (Fsp3) is 0.0667. The van der Waals surface area contributed by atoms with Gasteiger partial charge in [0.2, 0.25) is 0 Å². The zero-order valence-electron chi connectivity index (χ0n) is 25.0. The second-order valence-corrected chi connectivity index (χ2v) is 13.2. The van der Waals surface area contributed by atoms with Crippen molar-refractivity contribution in [3.8, 4) is 39.1 Å².